The Balaban J connectivity index is 1.53. The first-order valence-electron chi connectivity index (χ1n) is 15.2. The molecule has 2 aromatic heterocycles. The minimum Gasteiger partial charge on any atom is -0.478 e. The Morgan fingerprint density at radius 1 is 1.22 bits per heavy atom. The quantitative estimate of drug-likeness (QED) is 0.0207. The summed E-state index contributed by atoms with van der Waals surface area (Å²) >= 11 is 1.94. The number of hydrogen-bond donors (Lipinski definition) is 9. The number of carboxylic acid groups (broad SMARTS) is 2. The van der Waals surface area contributed by atoms with Crippen molar-refractivity contribution in [1.82, 2.24) is 24.3 Å². The van der Waals surface area contributed by atoms with E-state index >= 15 is 0 Å². The number of rotatable bonds is 16. The Kier molecular flexibility index (Phi) is 11.7. The van der Waals surface area contributed by atoms with Crippen LogP contribution in [0.5, 0.6) is 0 Å². The van der Waals surface area contributed by atoms with E-state index in [4.69, 9.17) is 33.5 Å². The van der Waals surface area contributed by atoms with Crippen LogP contribution in [0.3, 0.4) is 0 Å². The molecule has 14 N–H and O–H groups in total. The number of thioether (sulfide) groups is 1. The number of nitrogen functional groups attached to an aromatic ring is 2. The van der Waals surface area contributed by atoms with Crippen LogP contribution in [0.25, 0.3) is 0 Å². The Morgan fingerprint density at radius 2 is 1.92 bits per heavy atom. The maximum Gasteiger partial charge on any atom is 0.352 e. The Bertz CT molecular complexity index is 1820. The van der Waals surface area contributed by atoms with Crippen LogP contribution in [-0.4, -0.2) is 106 Å². The number of hydrogen-bond acceptors (Lipinski definition) is 15. The van der Waals surface area contributed by atoms with E-state index in [0.29, 0.717) is 31.4 Å². The van der Waals surface area contributed by atoms with Gasteiger partial charge in [0.15, 0.2) is 29.1 Å². The molecule has 0 aliphatic carbocycles. The van der Waals surface area contributed by atoms with Gasteiger partial charge in [-0.15, -0.1) is 21.1 Å². The third-order valence-electron chi connectivity index (χ3n) is 7.72. The fourth-order valence-corrected chi connectivity index (χ4v) is 6.69. The number of amides is 3. The SMILES string of the molecule is Cn1c(N)c(NC(=O)[C@H](CCCCN)N=C(N)N)c[n+]1CC1=C(C(=O)O)N2C(=O)[C@@H](NC(=O)/C(=N\OC(C)(C)C(=O)O)c3nsc(N)n3)[C@H]2SC1. The lowest BCUT2D eigenvalue weighted by Gasteiger charge is -2.49. The first-order chi connectivity index (χ1) is 24.0. The predicted octanol–water partition coefficient (Wildman–Crippen LogP) is -2.94. The number of oxime groups is 1. The highest BCUT2D eigenvalue weighted by Crippen LogP contribution is 2.40. The number of aliphatic imine (C=N–C) groups is 1. The summed E-state index contributed by atoms with van der Waals surface area (Å²) in [6.45, 7) is 2.82. The number of carbonyl (C=O) groups is 5. The van der Waals surface area contributed by atoms with Crippen molar-refractivity contribution >= 4 is 81.3 Å². The van der Waals surface area contributed by atoms with Crippen molar-refractivity contribution in [1.29, 1.82) is 0 Å². The van der Waals surface area contributed by atoms with Gasteiger partial charge < -0.3 is 54.4 Å². The standard InChI is InChI=1S/C27H38N14O8S2/c1-27(2,24(47)48)49-37-14(18-36-26(32)51-38-18)20(43)35-15-21(44)41-16(23(45)46)11(10-50-22(15)41)8-40-9-13(17(29)39(40)3)33-19(42)12(34-25(30)31)6-4-5-7-28/h9,12,15,22,29H,4-8,10,28H2,1-3H3,(H10,30,31,32,33,34,35,36,38,42,43,45,46,47,48)/p+1/b37-14-/t12-,15+,22+/m0/s1. The lowest BCUT2D eigenvalue weighted by Crippen LogP contribution is -2.71. The number of carbonyl (C=O) groups excluding carboxylic acids is 3. The number of fused-ring (bicyclic) bond motifs is 1. The third kappa shape index (κ3) is 8.46. The van der Waals surface area contributed by atoms with Crippen molar-refractivity contribution in [3.05, 3.63) is 23.3 Å². The van der Waals surface area contributed by atoms with Gasteiger partial charge >= 0.3 is 11.9 Å². The van der Waals surface area contributed by atoms with Gasteiger partial charge in [0.2, 0.25) is 29.2 Å². The number of aliphatic carboxylic acids is 2. The molecule has 4 heterocycles. The molecule has 276 valence electrons. The number of nitrogens with zero attached hydrogens (tertiary/aromatic N) is 7. The summed E-state index contributed by atoms with van der Waals surface area (Å²) in [5.74, 6) is -5.20. The minimum atomic E-state index is -1.83. The summed E-state index contributed by atoms with van der Waals surface area (Å²) in [6, 6.07) is -2.08. The zero-order chi connectivity index (χ0) is 37.8. The van der Waals surface area contributed by atoms with E-state index in [9.17, 15) is 34.2 Å². The van der Waals surface area contributed by atoms with Gasteiger partial charge in [-0.25, -0.2) is 14.6 Å². The number of guanidine groups is 1. The van der Waals surface area contributed by atoms with Crippen molar-refractivity contribution in [2.45, 2.75) is 62.7 Å². The molecule has 0 bridgehead atoms. The summed E-state index contributed by atoms with van der Waals surface area (Å²) < 4.78 is 6.99. The molecule has 3 amide bonds. The second kappa shape index (κ2) is 15.6. The summed E-state index contributed by atoms with van der Waals surface area (Å²) in [5, 5.41) is 27.6. The lowest BCUT2D eigenvalue weighted by atomic mass is 10.0. The summed E-state index contributed by atoms with van der Waals surface area (Å²) in [7, 11) is 1.60. The molecule has 2 aliphatic rings. The largest absolute Gasteiger partial charge is 0.478 e. The third-order valence-corrected chi connectivity index (χ3v) is 9.61. The maximum atomic E-state index is 13.4. The van der Waals surface area contributed by atoms with Gasteiger partial charge in [0, 0.05) is 22.9 Å². The highest BCUT2D eigenvalue weighted by Gasteiger charge is 2.55. The normalized spacial score (nSPS) is 18.0. The van der Waals surface area contributed by atoms with Crippen LogP contribution in [0.15, 0.2) is 27.6 Å². The molecular weight excluding hydrogens is 713 g/mol. The molecule has 1 fully saturated rings. The van der Waals surface area contributed by atoms with E-state index in [-0.39, 0.29) is 46.4 Å². The molecule has 4 rings (SSSR count). The molecule has 2 aliphatic heterocycles. The Labute approximate surface area is 298 Å². The maximum absolute atomic E-state index is 13.4. The number of carboxylic acids is 2. The fourth-order valence-electron chi connectivity index (χ4n) is 4.92. The number of nitrogens with one attached hydrogen (secondary N) is 2. The van der Waals surface area contributed by atoms with Crippen LogP contribution in [-0.2, 0) is 42.4 Å². The van der Waals surface area contributed by atoms with E-state index in [0.717, 1.165) is 16.4 Å². The van der Waals surface area contributed by atoms with Gasteiger partial charge in [0.1, 0.15) is 23.2 Å². The van der Waals surface area contributed by atoms with Crippen LogP contribution in [0.2, 0.25) is 0 Å². The average Bonchev–Trinajstić information content (AvgIpc) is 3.60. The van der Waals surface area contributed by atoms with Crippen LogP contribution in [0, 0.1) is 0 Å². The van der Waals surface area contributed by atoms with Crippen molar-refractivity contribution in [3.63, 3.8) is 0 Å². The molecule has 0 unspecified atom stereocenters. The molecule has 51 heavy (non-hydrogen) atoms. The van der Waals surface area contributed by atoms with E-state index in [2.05, 4.69) is 30.1 Å². The zero-order valence-corrected chi connectivity index (χ0v) is 29.4. The average molecular weight is 752 g/mol. The molecule has 22 nitrogen and oxygen atoms in total. The van der Waals surface area contributed by atoms with Crippen LogP contribution >= 0.6 is 23.3 Å². The Hall–Kier alpha value is -5.49. The molecule has 0 saturated carbocycles. The van der Waals surface area contributed by atoms with Crippen LogP contribution in [0.4, 0.5) is 16.6 Å². The Morgan fingerprint density at radius 3 is 2.51 bits per heavy atom. The van der Waals surface area contributed by atoms with Gasteiger partial charge in [-0.2, -0.15) is 9.36 Å². The topological polar surface area (TPSA) is 352 Å². The van der Waals surface area contributed by atoms with Gasteiger partial charge in [-0.3, -0.25) is 19.3 Å². The second-order valence-electron chi connectivity index (χ2n) is 11.8. The van der Waals surface area contributed by atoms with E-state index in [1.165, 1.54) is 36.5 Å². The molecule has 1 saturated heterocycles. The fraction of sp³-hybridized carbons (Fsp3) is 0.481. The second-order valence-corrected chi connectivity index (χ2v) is 13.7. The number of anilines is 3. The highest BCUT2D eigenvalue weighted by atomic mass is 32.2. The van der Waals surface area contributed by atoms with Gasteiger partial charge in [0.25, 0.3) is 11.8 Å². The smallest absolute Gasteiger partial charge is 0.352 e. The van der Waals surface area contributed by atoms with Crippen LogP contribution in [0.1, 0.15) is 38.9 Å². The molecule has 0 radical (unpaired) electrons. The molecule has 3 atom stereocenters. The summed E-state index contributed by atoms with van der Waals surface area (Å²) in [5.41, 5.74) is 26.4. The molecule has 24 heteroatoms. The number of unbranched alkanes of at least 4 members (excludes halogenated alkanes) is 1. The first kappa shape index (κ1) is 38.3. The molecule has 0 spiro atoms. The lowest BCUT2D eigenvalue weighted by molar-refractivity contribution is -0.765. The molecule has 2 aromatic rings. The van der Waals surface area contributed by atoms with Crippen molar-refractivity contribution in [2.24, 2.45) is 34.4 Å². The number of β-lactam (4-membered cyclic amide) rings is 1. The van der Waals surface area contributed by atoms with Gasteiger partial charge in [-0.1, -0.05) is 5.16 Å². The van der Waals surface area contributed by atoms with Crippen molar-refractivity contribution in [3.8, 4) is 0 Å². The van der Waals surface area contributed by atoms with E-state index < -0.39 is 58.4 Å². The van der Waals surface area contributed by atoms with Gasteiger partial charge in [-0.05, 0) is 39.7 Å². The number of aromatic nitrogens is 4. The van der Waals surface area contributed by atoms with Gasteiger partial charge in [0.05, 0.1) is 7.05 Å². The summed E-state index contributed by atoms with van der Waals surface area (Å²) in [6.07, 6.45) is 3.12. The number of nitrogens with two attached hydrogens (primary N) is 5. The minimum absolute atomic E-state index is 0.0127. The predicted molar refractivity (Wildman–Crippen MR) is 184 cm³/mol. The summed E-state index contributed by atoms with van der Waals surface area (Å²) in [4.78, 5) is 77.8. The van der Waals surface area contributed by atoms with Crippen molar-refractivity contribution < 1.29 is 43.7 Å². The first-order valence-corrected chi connectivity index (χ1v) is 17.0. The highest BCUT2D eigenvalue weighted by molar-refractivity contribution is 8.00. The van der Waals surface area contributed by atoms with Crippen LogP contribution < -0.4 is 44.0 Å². The molecule has 0 aromatic carbocycles. The molecular formula is C27H39N14O8S2+. The van der Waals surface area contributed by atoms with E-state index in [1.54, 1.807) is 11.7 Å². The van der Waals surface area contributed by atoms with E-state index in [1.807, 2.05) is 0 Å². The monoisotopic (exact) mass is 751 g/mol. The van der Waals surface area contributed by atoms with Crippen molar-refractivity contribution in [2.75, 3.05) is 29.1 Å². The zero-order valence-electron chi connectivity index (χ0n) is 27.7.